The Balaban J connectivity index is 2.08. The molecule has 17 heavy (non-hydrogen) atoms. The second-order valence-electron chi connectivity index (χ2n) is 3.77. The van der Waals surface area contributed by atoms with Crippen LogP contribution in [-0.4, -0.2) is 6.54 Å². The first-order chi connectivity index (χ1) is 8.29. The molecule has 2 aromatic rings. The van der Waals surface area contributed by atoms with Gasteiger partial charge in [0, 0.05) is 5.69 Å². The molecule has 0 spiro atoms. The summed E-state index contributed by atoms with van der Waals surface area (Å²) in [5.74, 6) is 0.602. The molecule has 0 aliphatic rings. The topological polar surface area (TPSA) is 51.2 Å². The van der Waals surface area contributed by atoms with Crippen LogP contribution in [-0.2, 0) is 13.0 Å². The number of furan rings is 1. The quantitative estimate of drug-likeness (QED) is 0.835. The zero-order valence-electron chi connectivity index (χ0n) is 9.45. The highest BCUT2D eigenvalue weighted by Gasteiger charge is 2.04. The predicted molar refractivity (Wildman–Crippen MR) is 65.2 cm³/mol. The van der Waals surface area contributed by atoms with Crippen LogP contribution < -0.4 is 11.1 Å². The molecule has 3 N–H and O–H groups in total. The van der Waals surface area contributed by atoms with Crippen LogP contribution in [0.2, 0.25) is 0 Å². The van der Waals surface area contributed by atoms with E-state index in [0.29, 0.717) is 19.5 Å². The van der Waals surface area contributed by atoms with E-state index in [1.807, 2.05) is 12.1 Å². The third-order valence-electron chi connectivity index (χ3n) is 2.51. The second-order valence-corrected chi connectivity index (χ2v) is 3.77. The Morgan fingerprint density at radius 1 is 1.29 bits per heavy atom. The van der Waals surface area contributed by atoms with Crippen molar-refractivity contribution in [3.05, 3.63) is 53.7 Å². The van der Waals surface area contributed by atoms with E-state index in [2.05, 4.69) is 5.32 Å². The molecular weight excluding hydrogens is 219 g/mol. The van der Waals surface area contributed by atoms with Gasteiger partial charge in [0.2, 0.25) is 0 Å². The Bertz CT molecular complexity index is 468. The maximum atomic E-state index is 13.1. The normalized spacial score (nSPS) is 10.5. The molecule has 0 bridgehead atoms. The number of anilines is 1. The van der Waals surface area contributed by atoms with E-state index in [-0.39, 0.29) is 5.82 Å². The summed E-state index contributed by atoms with van der Waals surface area (Å²) in [4.78, 5) is 0. The van der Waals surface area contributed by atoms with E-state index in [1.165, 1.54) is 12.1 Å². The Labute approximate surface area is 99.4 Å². The Kier molecular flexibility index (Phi) is 3.77. The van der Waals surface area contributed by atoms with Crippen molar-refractivity contribution in [3.63, 3.8) is 0 Å². The van der Waals surface area contributed by atoms with Crippen molar-refractivity contribution in [2.75, 3.05) is 11.9 Å². The van der Waals surface area contributed by atoms with Gasteiger partial charge in [0.15, 0.2) is 0 Å². The molecule has 0 unspecified atom stereocenters. The van der Waals surface area contributed by atoms with Crippen LogP contribution in [0.3, 0.4) is 0 Å². The molecule has 0 aliphatic carbocycles. The number of nitrogens with one attached hydrogen (secondary N) is 1. The van der Waals surface area contributed by atoms with Gasteiger partial charge in [-0.15, -0.1) is 0 Å². The molecule has 0 amide bonds. The summed E-state index contributed by atoms with van der Waals surface area (Å²) in [6.45, 7) is 1.08. The lowest BCUT2D eigenvalue weighted by atomic mass is 10.1. The summed E-state index contributed by atoms with van der Waals surface area (Å²) in [5.41, 5.74) is 7.29. The van der Waals surface area contributed by atoms with Crippen molar-refractivity contribution in [3.8, 4) is 0 Å². The molecule has 0 fully saturated rings. The lowest BCUT2D eigenvalue weighted by molar-refractivity contribution is 0.518. The minimum absolute atomic E-state index is 0.239. The van der Waals surface area contributed by atoms with Gasteiger partial charge in [0.05, 0.1) is 12.8 Å². The molecule has 4 heteroatoms. The first kappa shape index (κ1) is 11.7. The lowest BCUT2D eigenvalue weighted by Crippen LogP contribution is -2.07. The SMILES string of the molecule is NCCc1cc(F)ccc1NCc1ccco1. The summed E-state index contributed by atoms with van der Waals surface area (Å²) < 4.78 is 18.3. The van der Waals surface area contributed by atoms with E-state index < -0.39 is 0 Å². The standard InChI is InChI=1S/C13H15FN2O/c14-11-3-4-13(10(8-11)5-6-15)16-9-12-2-1-7-17-12/h1-4,7-8,16H,5-6,9,15H2. The molecule has 2 rings (SSSR count). The molecule has 0 saturated heterocycles. The van der Waals surface area contributed by atoms with Gasteiger partial charge in [-0.05, 0) is 48.9 Å². The lowest BCUT2D eigenvalue weighted by Gasteiger charge is -2.10. The maximum absolute atomic E-state index is 13.1. The molecular formula is C13H15FN2O. The third-order valence-corrected chi connectivity index (χ3v) is 2.51. The van der Waals surface area contributed by atoms with Crippen LogP contribution in [0.1, 0.15) is 11.3 Å². The summed E-state index contributed by atoms with van der Waals surface area (Å²) in [7, 11) is 0. The fraction of sp³-hybridized carbons (Fsp3) is 0.231. The second kappa shape index (κ2) is 5.50. The van der Waals surface area contributed by atoms with Gasteiger partial charge in [0.1, 0.15) is 11.6 Å². The van der Waals surface area contributed by atoms with Gasteiger partial charge in [0.25, 0.3) is 0 Å². The van der Waals surface area contributed by atoms with E-state index in [9.17, 15) is 4.39 Å². The average Bonchev–Trinajstić information content (AvgIpc) is 2.81. The number of hydrogen-bond donors (Lipinski definition) is 2. The van der Waals surface area contributed by atoms with Gasteiger partial charge < -0.3 is 15.5 Å². The minimum atomic E-state index is -0.239. The van der Waals surface area contributed by atoms with Gasteiger partial charge in [-0.2, -0.15) is 0 Å². The van der Waals surface area contributed by atoms with Crippen molar-refractivity contribution >= 4 is 5.69 Å². The molecule has 0 atom stereocenters. The molecule has 0 saturated carbocycles. The monoisotopic (exact) mass is 234 g/mol. The van der Waals surface area contributed by atoms with Crippen LogP contribution in [0.5, 0.6) is 0 Å². The van der Waals surface area contributed by atoms with Crippen molar-refractivity contribution in [1.29, 1.82) is 0 Å². The minimum Gasteiger partial charge on any atom is -0.467 e. The highest BCUT2D eigenvalue weighted by molar-refractivity contribution is 5.51. The van der Waals surface area contributed by atoms with Crippen molar-refractivity contribution in [2.24, 2.45) is 5.73 Å². The number of halogens is 1. The fourth-order valence-electron chi connectivity index (χ4n) is 1.69. The van der Waals surface area contributed by atoms with Crippen LogP contribution in [0.15, 0.2) is 41.0 Å². The summed E-state index contributed by atoms with van der Waals surface area (Å²) >= 11 is 0. The smallest absolute Gasteiger partial charge is 0.123 e. The molecule has 0 radical (unpaired) electrons. The van der Waals surface area contributed by atoms with Crippen LogP contribution in [0.4, 0.5) is 10.1 Å². The first-order valence-corrected chi connectivity index (χ1v) is 5.54. The van der Waals surface area contributed by atoms with E-state index in [1.54, 1.807) is 12.3 Å². The molecule has 90 valence electrons. The summed E-state index contributed by atoms with van der Waals surface area (Å²) in [5, 5.41) is 3.21. The number of rotatable bonds is 5. The molecule has 3 nitrogen and oxygen atoms in total. The van der Waals surface area contributed by atoms with E-state index in [4.69, 9.17) is 10.2 Å². The first-order valence-electron chi connectivity index (χ1n) is 5.54. The number of benzene rings is 1. The van der Waals surface area contributed by atoms with Crippen molar-refractivity contribution < 1.29 is 8.81 Å². The zero-order chi connectivity index (χ0) is 12.1. The van der Waals surface area contributed by atoms with Crippen LogP contribution >= 0.6 is 0 Å². The highest BCUT2D eigenvalue weighted by Crippen LogP contribution is 2.18. The fourth-order valence-corrected chi connectivity index (χ4v) is 1.69. The average molecular weight is 234 g/mol. The van der Waals surface area contributed by atoms with E-state index in [0.717, 1.165) is 17.0 Å². The van der Waals surface area contributed by atoms with Crippen LogP contribution in [0.25, 0.3) is 0 Å². The van der Waals surface area contributed by atoms with E-state index >= 15 is 0 Å². The number of hydrogen-bond acceptors (Lipinski definition) is 3. The van der Waals surface area contributed by atoms with Crippen molar-refractivity contribution in [2.45, 2.75) is 13.0 Å². The van der Waals surface area contributed by atoms with Gasteiger partial charge in [-0.25, -0.2) is 4.39 Å². The number of nitrogens with two attached hydrogens (primary N) is 1. The highest BCUT2D eigenvalue weighted by atomic mass is 19.1. The van der Waals surface area contributed by atoms with Gasteiger partial charge in [-0.3, -0.25) is 0 Å². The third kappa shape index (κ3) is 3.07. The van der Waals surface area contributed by atoms with Gasteiger partial charge >= 0.3 is 0 Å². The summed E-state index contributed by atoms with van der Waals surface area (Å²) in [6.07, 6.45) is 2.28. The predicted octanol–water partition coefficient (Wildman–Crippen LogP) is 2.53. The Morgan fingerprint density at radius 2 is 2.18 bits per heavy atom. The van der Waals surface area contributed by atoms with Crippen molar-refractivity contribution in [1.82, 2.24) is 0 Å². The molecule has 0 aliphatic heterocycles. The maximum Gasteiger partial charge on any atom is 0.123 e. The largest absolute Gasteiger partial charge is 0.467 e. The summed E-state index contributed by atoms with van der Waals surface area (Å²) in [6, 6.07) is 8.40. The molecule has 1 heterocycles. The Morgan fingerprint density at radius 3 is 2.88 bits per heavy atom. The Hall–Kier alpha value is -1.81. The van der Waals surface area contributed by atoms with Gasteiger partial charge in [-0.1, -0.05) is 0 Å². The molecule has 1 aromatic carbocycles. The molecule has 1 aromatic heterocycles. The zero-order valence-corrected chi connectivity index (χ0v) is 9.45. The van der Waals surface area contributed by atoms with Crippen LogP contribution in [0, 0.1) is 5.82 Å².